The molecule has 0 bridgehead atoms. The van der Waals surface area contributed by atoms with Crippen LogP contribution < -0.4 is 4.90 Å². The first kappa shape index (κ1) is 22.6. The molecule has 0 spiro atoms. The summed E-state index contributed by atoms with van der Waals surface area (Å²) in [5.74, 6) is 0.550. The minimum Gasteiger partial charge on any atom is -0.311 e. The summed E-state index contributed by atoms with van der Waals surface area (Å²) in [5.41, 5.74) is 0.411. The Bertz CT molecular complexity index is 829. The Morgan fingerprint density at radius 2 is 1.68 bits per heavy atom. The molecule has 28 heavy (non-hydrogen) atoms. The lowest BCUT2D eigenvalue weighted by molar-refractivity contribution is -0.137. The highest BCUT2D eigenvalue weighted by molar-refractivity contribution is 7.98. The SMILES string of the molecule is CCN(C(=O)C(C)(C)C)c1ccc(CSc2ccc(C(F)(F)F)cc2)cc1Cl. The highest BCUT2D eigenvalue weighted by atomic mass is 35.5. The molecule has 2 aromatic carbocycles. The van der Waals surface area contributed by atoms with Crippen LogP contribution >= 0.6 is 23.4 Å². The molecule has 2 aromatic rings. The summed E-state index contributed by atoms with van der Waals surface area (Å²) in [4.78, 5) is 15.0. The summed E-state index contributed by atoms with van der Waals surface area (Å²) >= 11 is 7.85. The zero-order valence-electron chi connectivity index (χ0n) is 16.2. The van der Waals surface area contributed by atoms with E-state index in [2.05, 4.69) is 0 Å². The molecule has 0 aliphatic carbocycles. The van der Waals surface area contributed by atoms with E-state index < -0.39 is 17.2 Å². The summed E-state index contributed by atoms with van der Waals surface area (Å²) in [6.45, 7) is 7.99. The van der Waals surface area contributed by atoms with Gasteiger partial charge in [-0.2, -0.15) is 13.2 Å². The number of nitrogens with zero attached hydrogens (tertiary/aromatic N) is 1. The van der Waals surface area contributed by atoms with Crippen LogP contribution in [-0.4, -0.2) is 12.5 Å². The first-order valence-corrected chi connectivity index (χ1v) is 10.2. The number of amides is 1. The number of hydrogen-bond donors (Lipinski definition) is 0. The van der Waals surface area contributed by atoms with Crippen molar-refractivity contribution < 1.29 is 18.0 Å². The monoisotopic (exact) mass is 429 g/mol. The van der Waals surface area contributed by atoms with Crippen LogP contribution in [0.5, 0.6) is 0 Å². The molecule has 0 heterocycles. The molecule has 7 heteroatoms. The Morgan fingerprint density at radius 1 is 1.07 bits per heavy atom. The van der Waals surface area contributed by atoms with Crippen molar-refractivity contribution in [3.05, 3.63) is 58.6 Å². The molecular weight excluding hydrogens is 407 g/mol. The fourth-order valence-corrected chi connectivity index (χ4v) is 3.74. The van der Waals surface area contributed by atoms with Gasteiger partial charge in [-0.3, -0.25) is 4.79 Å². The van der Waals surface area contributed by atoms with Crippen LogP contribution in [0, 0.1) is 5.41 Å². The molecule has 0 aliphatic heterocycles. The second kappa shape index (κ2) is 8.78. The van der Waals surface area contributed by atoms with Crippen LogP contribution in [0.4, 0.5) is 18.9 Å². The normalized spacial score (nSPS) is 12.1. The van der Waals surface area contributed by atoms with Gasteiger partial charge in [0.15, 0.2) is 0 Å². The highest BCUT2D eigenvalue weighted by Crippen LogP contribution is 2.34. The Balaban J connectivity index is 2.11. The Morgan fingerprint density at radius 3 is 2.14 bits per heavy atom. The van der Waals surface area contributed by atoms with Crippen molar-refractivity contribution in [1.82, 2.24) is 0 Å². The van der Waals surface area contributed by atoms with Crippen LogP contribution in [0.15, 0.2) is 47.4 Å². The number of benzene rings is 2. The maximum Gasteiger partial charge on any atom is 0.416 e. The third kappa shape index (κ3) is 5.67. The van der Waals surface area contributed by atoms with E-state index >= 15 is 0 Å². The van der Waals surface area contributed by atoms with Gasteiger partial charge in [-0.05, 0) is 48.9 Å². The molecule has 1 amide bonds. The van der Waals surface area contributed by atoms with Gasteiger partial charge >= 0.3 is 6.18 Å². The minimum absolute atomic E-state index is 0.0104. The summed E-state index contributed by atoms with van der Waals surface area (Å²) < 4.78 is 37.9. The molecule has 0 atom stereocenters. The Hall–Kier alpha value is -1.66. The predicted molar refractivity (Wildman–Crippen MR) is 110 cm³/mol. The number of halogens is 4. The third-order valence-electron chi connectivity index (χ3n) is 4.09. The molecule has 0 saturated heterocycles. The minimum atomic E-state index is -4.33. The van der Waals surface area contributed by atoms with Gasteiger partial charge in [-0.1, -0.05) is 38.4 Å². The van der Waals surface area contributed by atoms with Gasteiger partial charge in [0.05, 0.1) is 16.3 Å². The molecule has 0 unspecified atom stereocenters. The summed E-state index contributed by atoms with van der Waals surface area (Å²) in [5, 5.41) is 0.477. The molecule has 0 saturated carbocycles. The van der Waals surface area contributed by atoms with Crippen molar-refractivity contribution in [2.24, 2.45) is 5.41 Å². The Kier molecular flexibility index (Phi) is 7.10. The predicted octanol–water partition coefficient (Wildman–Crippen LogP) is 7.05. The number of anilines is 1. The maximum absolute atomic E-state index is 12.6. The van der Waals surface area contributed by atoms with E-state index in [1.807, 2.05) is 39.8 Å². The summed E-state index contributed by atoms with van der Waals surface area (Å²) in [7, 11) is 0. The lowest BCUT2D eigenvalue weighted by Crippen LogP contribution is -2.39. The van der Waals surface area contributed by atoms with E-state index in [4.69, 9.17) is 11.6 Å². The molecule has 2 rings (SSSR count). The first-order chi connectivity index (χ1) is 12.9. The molecule has 0 radical (unpaired) electrons. The first-order valence-electron chi connectivity index (χ1n) is 8.84. The van der Waals surface area contributed by atoms with Crippen molar-refractivity contribution in [3.8, 4) is 0 Å². The van der Waals surface area contributed by atoms with Crippen molar-refractivity contribution >= 4 is 35.0 Å². The van der Waals surface area contributed by atoms with Crippen molar-refractivity contribution in [2.75, 3.05) is 11.4 Å². The van der Waals surface area contributed by atoms with Crippen LogP contribution in [0.3, 0.4) is 0 Å². The van der Waals surface area contributed by atoms with E-state index in [0.29, 0.717) is 23.0 Å². The van der Waals surface area contributed by atoms with Crippen LogP contribution in [0.2, 0.25) is 5.02 Å². The summed E-state index contributed by atoms with van der Waals surface area (Å²) in [6.07, 6.45) is -4.33. The molecule has 0 aromatic heterocycles. The second-order valence-electron chi connectivity index (χ2n) is 7.40. The number of alkyl halides is 3. The third-order valence-corrected chi connectivity index (χ3v) is 5.48. The largest absolute Gasteiger partial charge is 0.416 e. The standard InChI is InChI=1S/C21H23ClF3NOS/c1-5-26(19(27)20(2,3)4)18-11-6-14(12-17(18)22)13-28-16-9-7-15(8-10-16)21(23,24)25/h6-12H,5,13H2,1-4H3. The van der Waals surface area contributed by atoms with Gasteiger partial charge in [0.1, 0.15) is 0 Å². The molecule has 152 valence electrons. The lowest BCUT2D eigenvalue weighted by atomic mass is 9.94. The zero-order chi connectivity index (χ0) is 21.1. The van der Waals surface area contributed by atoms with Gasteiger partial charge in [0.25, 0.3) is 0 Å². The van der Waals surface area contributed by atoms with E-state index in [9.17, 15) is 18.0 Å². The van der Waals surface area contributed by atoms with Gasteiger partial charge in [0.2, 0.25) is 5.91 Å². The van der Waals surface area contributed by atoms with E-state index in [1.54, 1.807) is 11.0 Å². The number of thioether (sulfide) groups is 1. The Labute approximate surface area is 173 Å². The van der Waals surface area contributed by atoms with Gasteiger partial charge < -0.3 is 4.90 Å². The fourth-order valence-electron chi connectivity index (χ4n) is 2.59. The number of hydrogen-bond acceptors (Lipinski definition) is 2. The summed E-state index contributed by atoms with van der Waals surface area (Å²) in [6, 6.07) is 10.6. The fraction of sp³-hybridized carbons (Fsp3) is 0.381. The zero-order valence-corrected chi connectivity index (χ0v) is 17.8. The van der Waals surface area contributed by atoms with Crippen LogP contribution in [0.25, 0.3) is 0 Å². The molecule has 0 aliphatic rings. The van der Waals surface area contributed by atoms with Crippen molar-refractivity contribution in [3.63, 3.8) is 0 Å². The van der Waals surface area contributed by atoms with E-state index in [1.165, 1.54) is 23.9 Å². The van der Waals surface area contributed by atoms with Crippen LogP contribution in [-0.2, 0) is 16.7 Å². The highest BCUT2D eigenvalue weighted by Gasteiger charge is 2.30. The molecule has 0 N–H and O–H groups in total. The topological polar surface area (TPSA) is 20.3 Å². The smallest absolute Gasteiger partial charge is 0.311 e. The number of rotatable bonds is 5. The van der Waals surface area contributed by atoms with Crippen molar-refractivity contribution in [1.29, 1.82) is 0 Å². The van der Waals surface area contributed by atoms with Crippen molar-refractivity contribution in [2.45, 2.75) is 44.5 Å². The number of carbonyl (C=O) groups is 1. The van der Waals surface area contributed by atoms with Crippen LogP contribution in [0.1, 0.15) is 38.8 Å². The molecule has 0 fully saturated rings. The molecule has 2 nitrogen and oxygen atoms in total. The maximum atomic E-state index is 12.6. The average Bonchev–Trinajstić information content (AvgIpc) is 2.60. The van der Waals surface area contributed by atoms with Gasteiger partial charge in [-0.15, -0.1) is 11.8 Å². The second-order valence-corrected chi connectivity index (χ2v) is 8.85. The average molecular weight is 430 g/mol. The number of carbonyl (C=O) groups excluding carboxylic acids is 1. The lowest BCUT2D eigenvalue weighted by Gasteiger charge is -2.29. The van der Waals surface area contributed by atoms with E-state index in [-0.39, 0.29) is 5.91 Å². The van der Waals surface area contributed by atoms with Gasteiger partial charge in [-0.25, -0.2) is 0 Å². The molecular formula is C21H23ClF3NOS. The quantitative estimate of drug-likeness (QED) is 0.474. The van der Waals surface area contributed by atoms with Gasteiger partial charge in [0, 0.05) is 22.6 Å². The van der Waals surface area contributed by atoms with E-state index in [0.717, 1.165) is 22.6 Å².